The van der Waals surface area contributed by atoms with Crippen molar-refractivity contribution < 1.29 is 4.42 Å². The Balaban J connectivity index is 0.899. The number of hydrogen-bond donors (Lipinski definition) is 0. The van der Waals surface area contributed by atoms with Crippen LogP contribution in [0, 0.1) is 0 Å². The molecule has 1 unspecified atom stereocenters. The Hall–Kier alpha value is -9.18. The van der Waals surface area contributed by atoms with Crippen LogP contribution >= 0.6 is 0 Å². The molecule has 3 nitrogen and oxygen atoms in total. The van der Waals surface area contributed by atoms with Gasteiger partial charge in [-0.3, -0.25) is 0 Å². The van der Waals surface area contributed by atoms with E-state index < -0.39 is 0 Å². The third kappa shape index (κ3) is 5.72. The predicted molar refractivity (Wildman–Crippen MR) is 295 cm³/mol. The number of para-hydroxylation sites is 4. The number of anilines is 3. The van der Waals surface area contributed by atoms with E-state index in [0.717, 1.165) is 55.7 Å². The van der Waals surface area contributed by atoms with Crippen molar-refractivity contribution >= 4 is 60.8 Å². The molecule has 0 spiro atoms. The fourth-order valence-electron chi connectivity index (χ4n) is 12.3. The molecule has 15 rings (SSSR count). The van der Waals surface area contributed by atoms with Gasteiger partial charge < -0.3 is 13.9 Å². The lowest BCUT2D eigenvalue weighted by Gasteiger charge is -2.29. The molecule has 0 radical (unpaired) electrons. The van der Waals surface area contributed by atoms with Gasteiger partial charge in [0.2, 0.25) is 0 Å². The molecule has 0 saturated heterocycles. The third-order valence-electron chi connectivity index (χ3n) is 15.6. The largest absolute Gasteiger partial charge is 0.454 e. The molecule has 3 heteroatoms. The Morgan fingerprint density at radius 1 is 0.394 bits per heavy atom. The van der Waals surface area contributed by atoms with E-state index in [0.29, 0.717) is 0 Å². The van der Waals surface area contributed by atoms with E-state index in [9.17, 15) is 0 Å². The molecule has 3 heterocycles. The zero-order valence-corrected chi connectivity index (χ0v) is 39.0. The van der Waals surface area contributed by atoms with Crippen LogP contribution in [0.25, 0.3) is 105 Å². The van der Waals surface area contributed by atoms with Crippen LogP contribution in [-0.4, -0.2) is 4.57 Å². The first kappa shape index (κ1) is 39.8. The molecular weight excluding hydrogens is 861 g/mol. The van der Waals surface area contributed by atoms with Crippen molar-refractivity contribution in [3.63, 3.8) is 0 Å². The second kappa shape index (κ2) is 15.2. The van der Waals surface area contributed by atoms with Crippen molar-refractivity contribution in [1.29, 1.82) is 0 Å². The lowest BCUT2D eigenvalue weighted by atomic mass is 9.73. The van der Waals surface area contributed by atoms with E-state index in [4.69, 9.17) is 4.42 Å². The highest BCUT2D eigenvalue weighted by Crippen LogP contribution is 2.61. The number of fused-ring (bicyclic) bond motifs is 9. The maximum Gasteiger partial charge on any atom is 0.159 e. The Bertz CT molecular complexity index is 4290. The van der Waals surface area contributed by atoms with Crippen LogP contribution in [0.2, 0.25) is 0 Å². The number of benzene rings is 11. The molecule has 2 aliphatic rings. The smallest absolute Gasteiger partial charge is 0.159 e. The van der Waals surface area contributed by atoms with Crippen molar-refractivity contribution in [3.8, 4) is 61.3 Å². The highest BCUT2D eigenvalue weighted by atomic mass is 16.3. The highest BCUT2D eigenvalue weighted by molar-refractivity contribution is 6.20. The molecule has 332 valence electrons. The average Bonchev–Trinajstić information content (AvgIpc) is 4.06. The van der Waals surface area contributed by atoms with Crippen molar-refractivity contribution in [2.45, 2.75) is 12.3 Å². The van der Waals surface area contributed by atoms with Gasteiger partial charge in [0.15, 0.2) is 5.58 Å². The summed E-state index contributed by atoms with van der Waals surface area (Å²) in [6.45, 7) is 2.44. The van der Waals surface area contributed by atoms with Crippen molar-refractivity contribution in [1.82, 2.24) is 4.57 Å². The summed E-state index contributed by atoms with van der Waals surface area (Å²) < 4.78 is 9.24. The summed E-state index contributed by atoms with van der Waals surface area (Å²) >= 11 is 0. The molecule has 1 aliphatic heterocycles. The normalized spacial score (nSPS) is 14.3. The number of hydrogen-bond acceptors (Lipinski definition) is 2. The molecule has 0 amide bonds. The fourth-order valence-corrected chi connectivity index (χ4v) is 12.3. The first-order valence-electron chi connectivity index (χ1n) is 24.6. The average molecular weight is 905 g/mol. The van der Waals surface area contributed by atoms with Crippen LogP contribution in [0.3, 0.4) is 0 Å². The second-order valence-corrected chi connectivity index (χ2v) is 19.3. The summed E-state index contributed by atoms with van der Waals surface area (Å²) in [7, 11) is 0. The Morgan fingerprint density at radius 3 is 1.89 bits per heavy atom. The molecule has 1 atom stereocenters. The topological polar surface area (TPSA) is 21.3 Å². The maximum atomic E-state index is 6.69. The maximum absolute atomic E-state index is 6.69. The molecule has 11 aromatic carbocycles. The highest BCUT2D eigenvalue weighted by Gasteiger charge is 2.45. The zero-order valence-electron chi connectivity index (χ0n) is 39.0. The van der Waals surface area contributed by atoms with Gasteiger partial charge in [-0.15, -0.1) is 0 Å². The SMILES string of the molecule is CC1(c2ccccc2)c2ccc(-c3cccc(-c4ccc(N(c5cccc(-c6ccccc6)c5)c5cccc6c5oc5ccccc56)cc4)c3)c3c2-c2c1ccc1c4ccccc4n(c21)-c1ccccc1-3. The number of furan rings is 1. The summed E-state index contributed by atoms with van der Waals surface area (Å²) in [6.07, 6.45) is 0. The summed E-state index contributed by atoms with van der Waals surface area (Å²) in [5.41, 5.74) is 24.5. The lowest BCUT2D eigenvalue weighted by molar-refractivity contribution is 0.669. The molecular formula is C68H44N2O. The van der Waals surface area contributed by atoms with Crippen molar-refractivity contribution in [2.24, 2.45) is 0 Å². The van der Waals surface area contributed by atoms with E-state index in [2.05, 4.69) is 259 Å². The lowest BCUT2D eigenvalue weighted by Crippen LogP contribution is -2.22. The van der Waals surface area contributed by atoms with Crippen LogP contribution < -0.4 is 4.90 Å². The van der Waals surface area contributed by atoms with Crippen LogP contribution in [0.1, 0.15) is 23.6 Å². The fraction of sp³-hybridized carbons (Fsp3) is 0.0294. The second-order valence-electron chi connectivity index (χ2n) is 19.3. The van der Waals surface area contributed by atoms with Crippen molar-refractivity contribution in [3.05, 3.63) is 265 Å². The third-order valence-corrected chi connectivity index (χ3v) is 15.6. The standard InChI is InChI=1S/C68H44N2O/c1-68(48-22-6-3-7-23-48)57-39-37-51(63-56-27-9-12-30-60(56)70-59-29-11-8-25-52(59)54-38-40-58(68)65(64(57)63)66(54)70)47-21-14-19-45(41-47)44-33-35-49(36-34-44)69(50-24-15-20-46(42-50)43-17-4-2-5-18-43)61-31-16-28-55-53-26-10-13-32-62(53)71-67(55)61/h2-42H,1H3. The first-order chi connectivity index (χ1) is 35.1. The Morgan fingerprint density at radius 2 is 1.03 bits per heavy atom. The summed E-state index contributed by atoms with van der Waals surface area (Å²) in [5, 5.41) is 4.78. The molecule has 0 fully saturated rings. The molecule has 2 aromatic heterocycles. The number of nitrogens with zero attached hydrogens (tertiary/aromatic N) is 2. The van der Waals surface area contributed by atoms with E-state index in [1.807, 2.05) is 6.07 Å². The molecule has 71 heavy (non-hydrogen) atoms. The monoisotopic (exact) mass is 904 g/mol. The van der Waals surface area contributed by atoms with E-state index in [1.54, 1.807) is 0 Å². The van der Waals surface area contributed by atoms with E-state index in [1.165, 1.54) is 83.1 Å². The quantitative estimate of drug-likeness (QED) is 0.159. The van der Waals surface area contributed by atoms with Crippen LogP contribution in [0.4, 0.5) is 17.1 Å². The van der Waals surface area contributed by atoms with Gasteiger partial charge in [0, 0.05) is 49.5 Å². The summed E-state index contributed by atoms with van der Waals surface area (Å²) in [5.74, 6) is 0. The van der Waals surface area contributed by atoms with Gasteiger partial charge in [-0.05, 0) is 123 Å². The molecule has 0 saturated carbocycles. The van der Waals surface area contributed by atoms with Gasteiger partial charge in [-0.2, -0.15) is 0 Å². The van der Waals surface area contributed by atoms with Gasteiger partial charge in [-0.1, -0.05) is 194 Å². The predicted octanol–water partition coefficient (Wildman–Crippen LogP) is 18.5. The first-order valence-corrected chi connectivity index (χ1v) is 24.6. The van der Waals surface area contributed by atoms with Gasteiger partial charge in [0.25, 0.3) is 0 Å². The van der Waals surface area contributed by atoms with Gasteiger partial charge >= 0.3 is 0 Å². The Labute approximate surface area is 411 Å². The molecule has 13 aromatic rings. The van der Waals surface area contributed by atoms with Gasteiger partial charge in [0.05, 0.1) is 22.4 Å². The minimum Gasteiger partial charge on any atom is -0.454 e. The van der Waals surface area contributed by atoms with Crippen LogP contribution in [0.5, 0.6) is 0 Å². The van der Waals surface area contributed by atoms with Crippen molar-refractivity contribution in [2.75, 3.05) is 4.90 Å². The zero-order chi connectivity index (χ0) is 46.8. The van der Waals surface area contributed by atoms with Gasteiger partial charge in [-0.25, -0.2) is 0 Å². The van der Waals surface area contributed by atoms with Gasteiger partial charge in [0.1, 0.15) is 5.58 Å². The molecule has 1 aliphatic carbocycles. The molecule has 0 N–H and O–H groups in total. The summed E-state index contributed by atoms with van der Waals surface area (Å²) in [4.78, 5) is 2.34. The van der Waals surface area contributed by atoms with E-state index >= 15 is 0 Å². The van der Waals surface area contributed by atoms with Crippen LogP contribution in [-0.2, 0) is 5.41 Å². The van der Waals surface area contributed by atoms with Crippen LogP contribution in [0.15, 0.2) is 253 Å². The molecule has 0 bridgehead atoms. The number of rotatable bonds is 7. The minimum absolute atomic E-state index is 0.350. The minimum atomic E-state index is -0.350. The summed E-state index contributed by atoms with van der Waals surface area (Å²) in [6, 6.07) is 91.1. The number of aromatic nitrogens is 1. The Kier molecular flexibility index (Phi) is 8.49. The van der Waals surface area contributed by atoms with E-state index in [-0.39, 0.29) is 5.41 Å².